The van der Waals surface area contributed by atoms with E-state index in [0.29, 0.717) is 0 Å². The number of hydrogen-bond donors (Lipinski definition) is 0. The maximum Gasteiger partial charge on any atom is -0.0771 e. The van der Waals surface area contributed by atoms with Gasteiger partial charge in [0.15, 0.2) is 0 Å². The maximum atomic E-state index is 3.26. The molecule has 0 saturated carbocycles. The Morgan fingerprint density at radius 2 is 1.16 bits per heavy atom. The van der Waals surface area contributed by atoms with Crippen LogP contribution in [-0.4, -0.2) is 3.21 Å². The first kappa shape index (κ1) is 30.8. The van der Waals surface area contributed by atoms with E-state index in [1.807, 2.05) is 0 Å². The molecule has 0 aliphatic heterocycles. The van der Waals surface area contributed by atoms with Crippen molar-refractivity contribution >= 4 is 24.8 Å². The predicted octanol–water partition coefficient (Wildman–Crippen LogP) is 3.00. The van der Waals surface area contributed by atoms with Crippen molar-refractivity contribution in [3.63, 3.8) is 0 Å². The molecule has 37 heavy (non-hydrogen) atoms. The minimum Gasteiger partial charge on any atom is -0.126 e. The van der Waals surface area contributed by atoms with Crippen LogP contribution < -0.4 is 24.8 Å². The molecule has 0 N–H and O–H groups in total. The first-order valence-electron chi connectivity index (χ1n) is 12.2. The summed E-state index contributed by atoms with van der Waals surface area (Å²) in [6.45, 7) is 2.20. The van der Waals surface area contributed by atoms with Gasteiger partial charge in [-0.2, -0.15) is 6.08 Å². The van der Waals surface area contributed by atoms with E-state index in [1.165, 1.54) is 78.5 Å². The monoisotopic (exact) mass is 598 g/mol. The smallest absolute Gasteiger partial charge is 0.0771 e. The number of rotatable bonds is 4. The zero-order valence-electron chi connectivity index (χ0n) is 21.0. The van der Waals surface area contributed by atoms with Gasteiger partial charge in [-0.3, -0.25) is 6.08 Å². The third kappa shape index (κ3) is 8.82. The molecule has 0 bridgehead atoms. The summed E-state index contributed by atoms with van der Waals surface area (Å²) in [5.74, 6) is 0. The van der Waals surface area contributed by atoms with Gasteiger partial charge < -0.3 is 24.8 Å². The van der Waals surface area contributed by atoms with E-state index in [2.05, 4.69) is 140 Å². The molecule has 6 rings (SSSR count). The van der Waals surface area contributed by atoms with Crippen molar-refractivity contribution in [1.29, 1.82) is 0 Å². The molecule has 0 saturated heterocycles. The van der Waals surface area contributed by atoms with Crippen molar-refractivity contribution in [2.75, 3.05) is 0 Å². The van der Waals surface area contributed by atoms with Gasteiger partial charge in [0, 0.05) is 0 Å². The standard InChI is InChI=1S/C13H9.C13H10.C8H11.2ClH.Zr/c1-3-7-12-10(5-1)9-11-6-2-4-8-13(11)12;1-3-7-12(8-4-1)11-13-9-5-2-6-10-13;1-2-5-8-6-3-4-7-8;;;/h1-9H;1-10H;3,6H,2,4-5H2,1H3;2*1H;/q-1;;-1;;;+2/p-2. The summed E-state index contributed by atoms with van der Waals surface area (Å²) < 4.78 is 1.42. The van der Waals surface area contributed by atoms with E-state index in [1.54, 1.807) is 0 Å². The second-order valence-corrected chi connectivity index (χ2v) is 9.71. The average molecular weight is 601 g/mol. The quantitative estimate of drug-likeness (QED) is 0.279. The molecule has 0 atom stereocenters. The third-order valence-corrected chi connectivity index (χ3v) is 7.35. The number of fused-ring (bicyclic) bond motifs is 3. The summed E-state index contributed by atoms with van der Waals surface area (Å²) in [4.78, 5) is 0. The molecule has 0 nitrogen and oxygen atoms in total. The van der Waals surface area contributed by atoms with Gasteiger partial charge >= 0.3 is 99.2 Å². The van der Waals surface area contributed by atoms with Crippen LogP contribution in [0.5, 0.6) is 0 Å². The Morgan fingerprint density at radius 3 is 1.59 bits per heavy atom. The first-order valence-corrected chi connectivity index (χ1v) is 13.5. The zero-order chi connectivity index (χ0) is 24.3. The van der Waals surface area contributed by atoms with Crippen molar-refractivity contribution in [1.82, 2.24) is 0 Å². The topological polar surface area (TPSA) is 0 Å². The third-order valence-electron chi connectivity index (χ3n) is 5.93. The molecule has 0 aromatic heterocycles. The molecular weight excluding hydrogens is 571 g/mol. The molecule has 0 spiro atoms. The number of benzene rings is 4. The number of hydrogen-bond acceptors (Lipinski definition) is 0. The molecule has 5 aromatic rings. The molecule has 0 heterocycles. The van der Waals surface area contributed by atoms with Gasteiger partial charge in [0.1, 0.15) is 0 Å². The van der Waals surface area contributed by atoms with E-state index in [4.69, 9.17) is 0 Å². The normalized spacial score (nSPS) is 11.3. The van der Waals surface area contributed by atoms with Crippen LogP contribution in [0.1, 0.15) is 37.3 Å². The number of allylic oxidation sites excluding steroid dienone is 4. The van der Waals surface area contributed by atoms with E-state index >= 15 is 0 Å². The van der Waals surface area contributed by atoms with Gasteiger partial charge in [0.05, 0.1) is 0 Å². The van der Waals surface area contributed by atoms with E-state index < -0.39 is 0 Å². The molecule has 0 amide bonds. The maximum absolute atomic E-state index is 3.26. The molecule has 0 radical (unpaired) electrons. The van der Waals surface area contributed by atoms with Gasteiger partial charge in [-0.25, -0.2) is 11.6 Å². The van der Waals surface area contributed by atoms with Crippen LogP contribution in [0.15, 0.2) is 133 Å². The van der Waals surface area contributed by atoms with Gasteiger partial charge in [0.25, 0.3) is 0 Å². The number of halogens is 2. The summed E-state index contributed by atoms with van der Waals surface area (Å²) in [6, 6.07) is 40.4. The Labute approximate surface area is 248 Å². The van der Waals surface area contributed by atoms with Gasteiger partial charge in [-0.15, -0.1) is 46.2 Å². The van der Waals surface area contributed by atoms with Crippen molar-refractivity contribution in [3.8, 4) is 0 Å². The second-order valence-electron chi connectivity index (χ2n) is 8.48. The SMILES string of the molecule is CCCC1=[C-]CC=C1.[Cl-].[Cl-].[Zr+2]=[C](c1ccccc1)c1ccccc1.c1ccc2c(c1)[cH-]c1ccccc12. The summed E-state index contributed by atoms with van der Waals surface area (Å²) in [5, 5.41) is 5.39. The van der Waals surface area contributed by atoms with Crippen LogP contribution >= 0.6 is 0 Å². The summed E-state index contributed by atoms with van der Waals surface area (Å²) >= 11 is 1.46. The molecule has 1 aliphatic rings. The largest absolute Gasteiger partial charge is 0.126 e. The zero-order valence-corrected chi connectivity index (χ0v) is 25.0. The van der Waals surface area contributed by atoms with Crippen LogP contribution in [0.25, 0.3) is 21.5 Å². The molecule has 0 fully saturated rings. The van der Waals surface area contributed by atoms with Crippen LogP contribution in [0.2, 0.25) is 0 Å². The second kappa shape index (κ2) is 16.4. The Hall–Kier alpha value is -2.44. The molecular formula is C34H30Cl2Zr-2. The fraction of sp³-hybridized carbons (Fsp3) is 0.118. The molecule has 0 unspecified atom stereocenters. The van der Waals surface area contributed by atoms with E-state index in [0.717, 1.165) is 6.42 Å². The minimum absolute atomic E-state index is 0. The van der Waals surface area contributed by atoms with Crippen molar-refractivity contribution < 1.29 is 49.0 Å². The summed E-state index contributed by atoms with van der Waals surface area (Å²) in [5.41, 5.74) is 4.06. The average Bonchev–Trinajstić information content (AvgIpc) is 3.58. The summed E-state index contributed by atoms with van der Waals surface area (Å²) in [6.07, 6.45) is 11.1. The van der Waals surface area contributed by atoms with E-state index in [-0.39, 0.29) is 24.8 Å². The Morgan fingerprint density at radius 1 is 0.703 bits per heavy atom. The first-order chi connectivity index (χ1) is 17.3. The fourth-order valence-electron chi connectivity index (χ4n) is 4.17. The molecule has 186 valence electrons. The Bertz CT molecular complexity index is 1340. The molecule has 3 heteroatoms. The van der Waals surface area contributed by atoms with Crippen LogP contribution in [0.4, 0.5) is 0 Å². The van der Waals surface area contributed by atoms with Crippen LogP contribution in [-0.2, 0) is 24.2 Å². The Kier molecular flexibility index (Phi) is 13.7. The van der Waals surface area contributed by atoms with Crippen molar-refractivity contribution in [2.24, 2.45) is 0 Å². The van der Waals surface area contributed by atoms with Crippen LogP contribution in [0.3, 0.4) is 0 Å². The molecule has 1 aliphatic carbocycles. The molecule has 5 aromatic carbocycles. The Balaban J connectivity index is 0.000000197. The summed E-state index contributed by atoms with van der Waals surface area (Å²) in [7, 11) is 0. The van der Waals surface area contributed by atoms with Gasteiger partial charge in [-0.1, -0.05) is 56.2 Å². The predicted molar refractivity (Wildman–Crippen MR) is 149 cm³/mol. The van der Waals surface area contributed by atoms with Crippen molar-refractivity contribution in [2.45, 2.75) is 26.2 Å². The fourth-order valence-corrected chi connectivity index (χ4v) is 4.99. The van der Waals surface area contributed by atoms with E-state index in [9.17, 15) is 0 Å². The van der Waals surface area contributed by atoms with Crippen molar-refractivity contribution in [3.05, 3.63) is 150 Å². The minimum atomic E-state index is 0. The van der Waals surface area contributed by atoms with Crippen LogP contribution in [0, 0.1) is 6.08 Å². The van der Waals surface area contributed by atoms with Gasteiger partial charge in [-0.05, 0) is 0 Å². The van der Waals surface area contributed by atoms with Gasteiger partial charge in [0.2, 0.25) is 0 Å².